The summed E-state index contributed by atoms with van der Waals surface area (Å²) in [4.78, 5) is 51.4. The summed E-state index contributed by atoms with van der Waals surface area (Å²) >= 11 is 0. The minimum Gasteiger partial charge on any atom is -0.343 e. The standard InChI is InChI=1S/C20H19F2N3O4/c1-20(2)7-15-11(16(26)8-20)6-12(19(29)25-15)18(28)23-9-17(27)24-10-3-4-13(21)14(22)5-10/h3-6H,7-9H2,1-2H3,(H,23,28)(H,24,27)(H,25,29). The van der Waals surface area contributed by atoms with Crippen LogP contribution in [0.15, 0.2) is 29.1 Å². The number of hydrogen-bond donors (Lipinski definition) is 3. The average molecular weight is 403 g/mol. The molecule has 0 atom stereocenters. The van der Waals surface area contributed by atoms with Gasteiger partial charge in [0.2, 0.25) is 5.91 Å². The zero-order valence-corrected chi connectivity index (χ0v) is 15.8. The first-order chi connectivity index (χ1) is 13.6. The maximum absolute atomic E-state index is 13.2. The van der Waals surface area contributed by atoms with Crippen LogP contribution in [0.2, 0.25) is 0 Å². The van der Waals surface area contributed by atoms with Crippen molar-refractivity contribution in [2.45, 2.75) is 26.7 Å². The molecule has 1 heterocycles. The predicted octanol–water partition coefficient (Wildman–Crippen LogP) is 2.18. The van der Waals surface area contributed by atoms with Crippen molar-refractivity contribution in [2.75, 3.05) is 11.9 Å². The molecule has 3 rings (SSSR count). The molecule has 0 fully saturated rings. The molecule has 7 nitrogen and oxygen atoms in total. The number of amides is 2. The number of pyridine rings is 1. The van der Waals surface area contributed by atoms with Crippen LogP contribution in [-0.2, 0) is 11.2 Å². The molecule has 1 aromatic carbocycles. The normalized spacial score (nSPS) is 14.8. The fraction of sp³-hybridized carbons (Fsp3) is 0.300. The van der Waals surface area contributed by atoms with Crippen molar-refractivity contribution < 1.29 is 23.2 Å². The molecule has 0 aliphatic heterocycles. The van der Waals surface area contributed by atoms with Gasteiger partial charge in [0.15, 0.2) is 17.4 Å². The lowest BCUT2D eigenvalue weighted by Gasteiger charge is -2.29. The second-order valence-electron chi connectivity index (χ2n) is 7.71. The molecule has 9 heteroatoms. The zero-order valence-electron chi connectivity index (χ0n) is 15.8. The van der Waals surface area contributed by atoms with Gasteiger partial charge in [0.25, 0.3) is 11.5 Å². The Labute approximate surface area is 164 Å². The third-order valence-electron chi connectivity index (χ3n) is 4.58. The Bertz CT molecular complexity index is 1080. The quantitative estimate of drug-likeness (QED) is 0.727. The summed E-state index contributed by atoms with van der Waals surface area (Å²) in [7, 11) is 0. The van der Waals surface area contributed by atoms with Crippen LogP contribution in [-0.4, -0.2) is 29.1 Å². The van der Waals surface area contributed by atoms with Gasteiger partial charge >= 0.3 is 0 Å². The summed E-state index contributed by atoms with van der Waals surface area (Å²) in [6.45, 7) is 3.33. The van der Waals surface area contributed by atoms with E-state index in [4.69, 9.17) is 0 Å². The minimum absolute atomic E-state index is 0.0167. The molecular formula is C20H19F2N3O4. The number of halogens is 2. The van der Waals surface area contributed by atoms with Crippen molar-refractivity contribution in [2.24, 2.45) is 5.41 Å². The van der Waals surface area contributed by atoms with E-state index in [9.17, 15) is 28.0 Å². The van der Waals surface area contributed by atoms with Crippen molar-refractivity contribution in [3.8, 4) is 0 Å². The van der Waals surface area contributed by atoms with E-state index >= 15 is 0 Å². The summed E-state index contributed by atoms with van der Waals surface area (Å²) in [6, 6.07) is 4.07. The number of Topliss-reactive ketones (excluding diaryl/α,β-unsaturated/α-hetero) is 1. The fourth-order valence-electron chi connectivity index (χ4n) is 3.23. The van der Waals surface area contributed by atoms with Crippen molar-refractivity contribution in [3.05, 3.63) is 63.1 Å². The maximum Gasteiger partial charge on any atom is 0.261 e. The number of rotatable bonds is 4. The summed E-state index contributed by atoms with van der Waals surface area (Å²) in [5, 5.41) is 4.57. The second kappa shape index (κ2) is 7.57. The summed E-state index contributed by atoms with van der Waals surface area (Å²) < 4.78 is 26.1. The highest BCUT2D eigenvalue weighted by atomic mass is 19.2. The predicted molar refractivity (Wildman–Crippen MR) is 101 cm³/mol. The van der Waals surface area contributed by atoms with Crippen molar-refractivity contribution in [1.82, 2.24) is 10.3 Å². The van der Waals surface area contributed by atoms with Gasteiger partial charge in [-0.3, -0.25) is 19.2 Å². The molecule has 1 aromatic heterocycles. The van der Waals surface area contributed by atoms with Crippen LogP contribution in [0.1, 0.15) is 46.7 Å². The first-order valence-corrected chi connectivity index (χ1v) is 8.88. The van der Waals surface area contributed by atoms with Gasteiger partial charge in [-0.2, -0.15) is 0 Å². The van der Waals surface area contributed by atoms with Crippen LogP contribution in [0.3, 0.4) is 0 Å². The molecule has 0 saturated carbocycles. The summed E-state index contributed by atoms with van der Waals surface area (Å²) in [5.41, 5.74) is -0.424. The largest absolute Gasteiger partial charge is 0.343 e. The highest BCUT2D eigenvalue weighted by Crippen LogP contribution is 2.33. The Morgan fingerprint density at radius 1 is 1.10 bits per heavy atom. The van der Waals surface area contributed by atoms with Gasteiger partial charge in [-0.05, 0) is 30.0 Å². The number of anilines is 1. The van der Waals surface area contributed by atoms with Crippen LogP contribution < -0.4 is 16.2 Å². The molecule has 1 aliphatic carbocycles. The van der Waals surface area contributed by atoms with E-state index in [1.54, 1.807) is 0 Å². The van der Waals surface area contributed by atoms with Crippen LogP contribution in [0.4, 0.5) is 14.5 Å². The second-order valence-corrected chi connectivity index (χ2v) is 7.71. The van der Waals surface area contributed by atoms with Crippen molar-refractivity contribution >= 4 is 23.3 Å². The highest BCUT2D eigenvalue weighted by molar-refractivity contribution is 6.03. The lowest BCUT2D eigenvalue weighted by molar-refractivity contribution is -0.115. The number of hydrogen-bond acceptors (Lipinski definition) is 4. The number of ketones is 1. The van der Waals surface area contributed by atoms with Crippen LogP contribution in [0.5, 0.6) is 0 Å². The van der Waals surface area contributed by atoms with E-state index in [-0.39, 0.29) is 22.4 Å². The zero-order chi connectivity index (χ0) is 21.3. The molecule has 2 aromatic rings. The SMILES string of the molecule is CC1(C)CC(=O)c2cc(C(=O)NCC(=O)Nc3ccc(F)c(F)c3)c(=O)[nH]c2C1. The lowest BCUT2D eigenvalue weighted by atomic mass is 9.75. The number of aromatic nitrogens is 1. The lowest BCUT2D eigenvalue weighted by Crippen LogP contribution is -2.37. The molecule has 1 aliphatic rings. The van der Waals surface area contributed by atoms with E-state index in [2.05, 4.69) is 15.6 Å². The van der Waals surface area contributed by atoms with E-state index in [0.29, 0.717) is 24.1 Å². The first-order valence-electron chi connectivity index (χ1n) is 8.88. The summed E-state index contributed by atoms with van der Waals surface area (Å²) in [5.74, 6) is -3.87. The number of benzene rings is 1. The van der Waals surface area contributed by atoms with Crippen LogP contribution in [0.25, 0.3) is 0 Å². The van der Waals surface area contributed by atoms with Gasteiger partial charge in [-0.15, -0.1) is 0 Å². The molecule has 0 radical (unpaired) electrons. The number of nitrogens with one attached hydrogen (secondary N) is 3. The Kier molecular flexibility index (Phi) is 5.32. The molecule has 152 valence electrons. The Morgan fingerprint density at radius 3 is 2.52 bits per heavy atom. The first kappa shape index (κ1) is 20.4. The third kappa shape index (κ3) is 4.56. The number of H-pyrrole nitrogens is 1. The Morgan fingerprint density at radius 2 is 1.83 bits per heavy atom. The van der Waals surface area contributed by atoms with Crippen molar-refractivity contribution in [3.63, 3.8) is 0 Å². The molecule has 29 heavy (non-hydrogen) atoms. The Hall–Kier alpha value is -3.36. The molecule has 3 N–H and O–H groups in total. The van der Waals surface area contributed by atoms with Gasteiger partial charge in [-0.1, -0.05) is 13.8 Å². The number of carbonyl (C=O) groups excluding carboxylic acids is 3. The highest BCUT2D eigenvalue weighted by Gasteiger charge is 2.32. The Balaban J connectivity index is 1.69. The number of fused-ring (bicyclic) bond motifs is 1. The van der Waals surface area contributed by atoms with Crippen molar-refractivity contribution in [1.29, 1.82) is 0 Å². The molecule has 0 bridgehead atoms. The van der Waals surface area contributed by atoms with Crippen LogP contribution in [0, 0.1) is 17.0 Å². The smallest absolute Gasteiger partial charge is 0.261 e. The van der Waals surface area contributed by atoms with Gasteiger partial charge in [0.1, 0.15) is 5.56 Å². The molecule has 0 unspecified atom stereocenters. The van der Waals surface area contributed by atoms with E-state index in [1.807, 2.05) is 13.8 Å². The minimum atomic E-state index is -1.12. The van der Waals surface area contributed by atoms with Gasteiger partial charge in [-0.25, -0.2) is 8.78 Å². The van der Waals surface area contributed by atoms with Gasteiger partial charge in [0, 0.05) is 29.4 Å². The monoisotopic (exact) mass is 403 g/mol. The molecule has 0 spiro atoms. The average Bonchev–Trinajstić information content (AvgIpc) is 2.61. The van der Waals surface area contributed by atoms with Gasteiger partial charge in [0.05, 0.1) is 6.54 Å². The fourth-order valence-corrected chi connectivity index (χ4v) is 3.23. The molecular weight excluding hydrogens is 384 g/mol. The van der Waals surface area contributed by atoms with E-state index in [0.717, 1.165) is 12.1 Å². The van der Waals surface area contributed by atoms with E-state index in [1.165, 1.54) is 12.1 Å². The van der Waals surface area contributed by atoms with Crippen LogP contribution >= 0.6 is 0 Å². The molecule has 0 saturated heterocycles. The number of aromatic amines is 1. The van der Waals surface area contributed by atoms with Gasteiger partial charge < -0.3 is 15.6 Å². The summed E-state index contributed by atoms with van der Waals surface area (Å²) in [6.07, 6.45) is 0.797. The van der Waals surface area contributed by atoms with E-state index < -0.39 is 35.6 Å². The number of carbonyl (C=O) groups is 3. The molecule has 2 amide bonds. The topological polar surface area (TPSA) is 108 Å². The third-order valence-corrected chi connectivity index (χ3v) is 4.58. The maximum atomic E-state index is 13.2.